The molecule has 0 radical (unpaired) electrons. The number of aliphatic hydroxyl groups excluding tert-OH is 1. The van der Waals surface area contributed by atoms with Crippen LogP contribution in [0, 0.1) is 13.8 Å². The van der Waals surface area contributed by atoms with Crippen LogP contribution in [0.1, 0.15) is 50.2 Å². The first-order chi connectivity index (χ1) is 10.1. The minimum Gasteiger partial charge on any atom is -0.494 e. The number of ether oxygens (including phenoxy) is 1. The molecule has 3 heteroatoms. The van der Waals surface area contributed by atoms with E-state index in [1.54, 1.807) is 0 Å². The Morgan fingerprint density at radius 1 is 1.29 bits per heavy atom. The number of hydrogen-bond acceptors (Lipinski definition) is 3. The van der Waals surface area contributed by atoms with Crippen LogP contribution in [0.15, 0.2) is 18.2 Å². The van der Waals surface area contributed by atoms with E-state index in [0.29, 0.717) is 12.6 Å². The second-order valence-corrected chi connectivity index (χ2v) is 6.41. The molecule has 1 saturated carbocycles. The van der Waals surface area contributed by atoms with Crippen molar-refractivity contribution in [2.24, 2.45) is 0 Å². The van der Waals surface area contributed by atoms with Crippen molar-refractivity contribution in [2.75, 3.05) is 13.2 Å². The molecule has 0 heterocycles. The van der Waals surface area contributed by atoms with Crippen LogP contribution in [0.5, 0.6) is 5.75 Å². The van der Waals surface area contributed by atoms with Gasteiger partial charge in [-0.2, -0.15) is 0 Å². The number of nitrogens with one attached hydrogen (secondary N) is 1. The van der Waals surface area contributed by atoms with E-state index >= 15 is 0 Å². The van der Waals surface area contributed by atoms with E-state index in [4.69, 9.17) is 4.74 Å². The van der Waals surface area contributed by atoms with Crippen molar-refractivity contribution in [1.29, 1.82) is 0 Å². The van der Waals surface area contributed by atoms with Gasteiger partial charge in [-0.3, -0.25) is 0 Å². The third-order valence-electron chi connectivity index (χ3n) is 4.61. The molecule has 1 fully saturated rings. The monoisotopic (exact) mass is 291 g/mol. The summed E-state index contributed by atoms with van der Waals surface area (Å²) in [6.45, 7) is 7.28. The summed E-state index contributed by atoms with van der Waals surface area (Å²) in [6, 6.07) is 6.85. The lowest BCUT2D eigenvalue weighted by molar-refractivity contribution is 0.136. The predicted octanol–water partition coefficient (Wildman–Crippen LogP) is 3.36. The molecular weight excluding hydrogens is 262 g/mol. The molecule has 0 saturated heterocycles. The topological polar surface area (TPSA) is 41.5 Å². The van der Waals surface area contributed by atoms with E-state index in [1.807, 2.05) is 6.07 Å². The quantitative estimate of drug-likeness (QED) is 0.686. The van der Waals surface area contributed by atoms with Gasteiger partial charge < -0.3 is 15.2 Å². The minimum atomic E-state index is -0.117. The Balaban J connectivity index is 1.77. The second-order valence-electron chi connectivity index (χ2n) is 6.41. The Morgan fingerprint density at radius 3 is 2.62 bits per heavy atom. The van der Waals surface area contributed by atoms with Gasteiger partial charge in [0.2, 0.25) is 0 Å². The molecule has 0 aromatic heterocycles. The van der Waals surface area contributed by atoms with Crippen LogP contribution in [0.4, 0.5) is 0 Å². The van der Waals surface area contributed by atoms with Crippen molar-refractivity contribution < 1.29 is 9.84 Å². The zero-order valence-corrected chi connectivity index (χ0v) is 13.6. The third-order valence-corrected chi connectivity index (χ3v) is 4.61. The van der Waals surface area contributed by atoms with E-state index in [0.717, 1.165) is 25.0 Å². The molecule has 0 bridgehead atoms. The van der Waals surface area contributed by atoms with Gasteiger partial charge in [0.25, 0.3) is 0 Å². The zero-order valence-electron chi connectivity index (χ0n) is 13.6. The minimum absolute atomic E-state index is 0.117. The summed E-state index contributed by atoms with van der Waals surface area (Å²) < 4.78 is 5.84. The van der Waals surface area contributed by atoms with E-state index < -0.39 is 0 Å². The van der Waals surface area contributed by atoms with Gasteiger partial charge in [-0.25, -0.2) is 0 Å². The molecule has 2 N–H and O–H groups in total. The second kappa shape index (κ2) is 7.28. The summed E-state index contributed by atoms with van der Waals surface area (Å²) in [5.41, 5.74) is 2.44. The molecule has 1 aromatic rings. The summed E-state index contributed by atoms with van der Waals surface area (Å²) in [5.74, 6) is 0.944. The van der Waals surface area contributed by atoms with Crippen LogP contribution in [-0.4, -0.2) is 29.9 Å². The van der Waals surface area contributed by atoms with Gasteiger partial charge in [-0.1, -0.05) is 13.0 Å². The SMILES string of the molecule is CCC(CO)(CCCOc1ccc(C)c(C)c1)NC1CC1. The molecule has 2 rings (SSSR count). The lowest BCUT2D eigenvalue weighted by atomic mass is 9.91. The maximum atomic E-state index is 9.73. The van der Waals surface area contributed by atoms with Gasteiger partial charge in [0, 0.05) is 11.6 Å². The number of hydrogen-bond donors (Lipinski definition) is 2. The Morgan fingerprint density at radius 2 is 2.05 bits per heavy atom. The van der Waals surface area contributed by atoms with Gasteiger partial charge in [-0.05, 0) is 69.2 Å². The first-order valence-corrected chi connectivity index (χ1v) is 8.17. The van der Waals surface area contributed by atoms with E-state index in [9.17, 15) is 5.11 Å². The molecule has 1 aliphatic rings. The molecule has 21 heavy (non-hydrogen) atoms. The molecule has 0 spiro atoms. The van der Waals surface area contributed by atoms with E-state index in [1.165, 1.54) is 24.0 Å². The molecule has 3 nitrogen and oxygen atoms in total. The summed E-state index contributed by atoms with van der Waals surface area (Å²) in [5, 5.41) is 13.3. The standard InChI is InChI=1S/C18H29NO2/c1-4-18(13-20,19-16-7-8-16)10-5-11-21-17-9-6-14(2)15(3)12-17/h6,9,12,16,19-20H,4-5,7-8,10-11,13H2,1-3H3. The van der Waals surface area contributed by atoms with Crippen molar-refractivity contribution in [1.82, 2.24) is 5.32 Å². The number of aryl methyl sites for hydroxylation is 2. The number of rotatable bonds is 9. The summed E-state index contributed by atoms with van der Waals surface area (Å²) in [4.78, 5) is 0. The molecular formula is C18H29NO2. The smallest absolute Gasteiger partial charge is 0.119 e. The number of aliphatic hydroxyl groups is 1. The van der Waals surface area contributed by atoms with E-state index in [-0.39, 0.29) is 12.1 Å². The first-order valence-electron chi connectivity index (χ1n) is 8.17. The Hall–Kier alpha value is -1.06. The molecule has 0 aliphatic heterocycles. The van der Waals surface area contributed by atoms with Crippen molar-refractivity contribution in [3.05, 3.63) is 29.3 Å². The van der Waals surface area contributed by atoms with Crippen molar-refractivity contribution in [2.45, 2.75) is 64.5 Å². The van der Waals surface area contributed by atoms with Gasteiger partial charge in [0.15, 0.2) is 0 Å². The Kier molecular flexibility index (Phi) is 5.65. The van der Waals surface area contributed by atoms with Crippen LogP contribution in [-0.2, 0) is 0 Å². The summed E-state index contributed by atoms with van der Waals surface area (Å²) in [7, 11) is 0. The fourth-order valence-electron chi connectivity index (χ4n) is 2.65. The Bertz CT molecular complexity index is 451. The summed E-state index contributed by atoms with van der Waals surface area (Å²) in [6.07, 6.45) is 5.38. The summed E-state index contributed by atoms with van der Waals surface area (Å²) >= 11 is 0. The lowest BCUT2D eigenvalue weighted by Crippen LogP contribution is -2.49. The predicted molar refractivity (Wildman–Crippen MR) is 86.9 cm³/mol. The lowest BCUT2D eigenvalue weighted by Gasteiger charge is -2.32. The van der Waals surface area contributed by atoms with Crippen molar-refractivity contribution in [3.8, 4) is 5.75 Å². The molecule has 1 aliphatic carbocycles. The number of benzene rings is 1. The Labute approximate surface area is 128 Å². The zero-order chi connectivity index (χ0) is 15.3. The van der Waals surface area contributed by atoms with Crippen LogP contribution >= 0.6 is 0 Å². The van der Waals surface area contributed by atoms with Crippen molar-refractivity contribution >= 4 is 0 Å². The van der Waals surface area contributed by atoms with Gasteiger partial charge in [0.05, 0.1) is 13.2 Å². The average Bonchev–Trinajstić information content (AvgIpc) is 3.30. The average molecular weight is 291 g/mol. The molecule has 0 amide bonds. The third kappa shape index (κ3) is 4.72. The molecule has 1 aromatic carbocycles. The normalized spacial score (nSPS) is 17.5. The van der Waals surface area contributed by atoms with E-state index in [2.05, 4.69) is 38.2 Å². The highest BCUT2D eigenvalue weighted by Crippen LogP contribution is 2.27. The van der Waals surface area contributed by atoms with Gasteiger partial charge >= 0.3 is 0 Å². The highest BCUT2D eigenvalue weighted by atomic mass is 16.5. The highest BCUT2D eigenvalue weighted by molar-refractivity contribution is 5.33. The van der Waals surface area contributed by atoms with Crippen LogP contribution in [0.3, 0.4) is 0 Å². The van der Waals surface area contributed by atoms with Crippen molar-refractivity contribution in [3.63, 3.8) is 0 Å². The molecule has 1 atom stereocenters. The maximum absolute atomic E-state index is 9.73. The van der Waals surface area contributed by atoms with Crippen LogP contribution < -0.4 is 10.1 Å². The van der Waals surface area contributed by atoms with Crippen LogP contribution in [0.2, 0.25) is 0 Å². The largest absolute Gasteiger partial charge is 0.494 e. The van der Waals surface area contributed by atoms with Crippen LogP contribution in [0.25, 0.3) is 0 Å². The molecule has 1 unspecified atom stereocenters. The maximum Gasteiger partial charge on any atom is 0.119 e. The molecule has 118 valence electrons. The van der Waals surface area contributed by atoms with Gasteiger partial charge in [0.1, 0.15) is 5.75 Å². The fraction of sp³-hybridized carbons (Fsp3) is 0.667. The highest BCUT2D eigenvalue weighted by Gasteiger charge is 2.33. The fourth-order valence-corrected chi connectivity index (χ4v) is 2.65. The van der Waals surface area contributed by atoms with Gasteiger partial charge in [-0.15, -0.1) is 0 Å². The first kappa shape index (κ1) is 16.3.